The smallest absolute Gasteiger partial charge is 0.269 e. The number of hydrogen-bond donors (Lipinski definition) is 2. The monoisotopic (exact) mass is 311 g/mol. The van der Waals surface area contributed by atoms with Gasteiger partial charge in [0.25, 0.3) is 5.69 Å². The van der Waals surface area contributed by atoms with Crippen molar-refractivity contribution in [2.75, 3.05) is 13.1 Å². The van der Waals surface area contributed by atoms with Crippen molar-refractivity contribution in [3.05, 3.63) is 34.4 Å². The van der Waals surface area contributed by atoms with E-state index in [4.69, 9.17) is 0 Å². The van der Waals surface area contributed by atoms with Crippen LogP contribution in [-0.2, 0) is 10.0 Å². The van der Waals surface area contributed by atoms with Crippen molar-refractivity contribution in [3.63, 3.8) is 0 Å². The maximum atomic E-state index is 12.3. The van der Waals surface area contributed by atoms with Crippen molar-refractivity contribution in [2.24, 2.45) is 5.41 Å². The Morgan fingerprint density at radius 2 is 1.86 bits per heavy atom. The Kier molecular flexibility index (Phi) is 3.46. The number of piperidine rings is 1. The van der Waals surface area contributed by atoms with Crippen LogP contribution in [-0.4, -0.2) is 32.5 Å². The number of nitrogens with zero attached hydrogens (tertiary/aromatic N) is 1. The summed E-state index contributed by atoms with van der Waals surface area (Å²) in [4.78, 5) is 10.1. The third-order valence-corrected chi connectivity index (χ3v) is 5.93. The molecular weight excluding hydrogens is 294 g/mol. The molecule has 1 saturated heterocycles. The molecule has 114 valence electrons. The average Bonchev–Trinajstić information content (AvgIpc) is 3.10. The lowest BCUT2D eigenvalue weighted by atomic mass is 9.94. The van der Waals surface area contributed by atoms with Gasteiger partial charge in [0.05, 0.1) is 9.82 Å². The Hall–Kier alpha value is -1.51. The highest BCUT2D eigenvalue weighted by Crippen LogP contribution is 2.53. The van der Waals surface area contributed by atoms with E-state index < -0.39 is 14.9 Å². The number of rotatable bonds is 4. The second-order valence-electron chi connectivity index (χ2n) is 5.74. The highest BCUT2D eigenvalue weighted by molar-refractivity contribution is 7.89. The third kappa shape index (κ3) is 2.78. The van der Waals surface area contributed by atoms with Gasteiger partial charge in [-0.25, -0.2) is 13.1 Å². The van der Waals surface area contributed by atoms with Crippen LogP contribution in [0.5, 0.6) is 0 Å². The molecule has 1 atom stereocenters. The van der Waals surface area contributed by atoms with E-state index in [0.29, 0.717) is 0 Å². The van der Waals surface area contributed by atoms with E-state index in [2.05, 4.69) is 10.0 Å². The largest absolute Gasteiger partial charge is 0.317 e. The number of non-ortho nitro benzene ring substituents is 1. The highest BCUT2D eigenvalue weighted by Gasteiger charge is 2.55. The van der Waals surface area contributed by atoms with Gasteiger partial charge in [0.15, 0.2) is 0 Å². The van der Waals surface area contributed by atoms with Crippen molar-refractivity contribution in [1.82, 2.24) is 10.0 Å². The summed E-state index contributed by atoms with van der Waals surface area (Å²) >= 11 is 0. The van der Waals surface area contributed by atoms with Crippen molar-refractivity contribution in [1.29, 1.82) is 0 Å². The lowest BCUT2D eigenvalue weighted by Crippen LogP contribution is -2.36. The molecule has 1 aliphatic heterocycles. The summed E-state index contributed by atoms with van der Waals surface area (Å²) in [5.74, 6) is 0. The van der Waals surface area contributed by atoms with Crippen molar-refractivity contribution in [3.8, 4) is 0 Å². The first-order valence-electron chi connectivity index (χ1n) is 6.91. The molecule has 7 nitrogen and oxygen atoms in total. The van der Waals surface area contributed by atoms with Gasteiger partial charge in [-0.3, -0.25) is 10.1 Å². The van der Waals surface area contributed by atoms with Gasteiger partial charge < -0.3 is 5.32 Å². The van der Waals surface area contributed by atoms with E-state index in [1.807, 2.05) is 0 Å². The van der Waals surface area contributed by atoms with E-state index in [-0.39, 0.29) is 22.0 Å². The van der Waals surface area contributed by atoms with E-state index in [1.54, 1.807) is 0 Å². The molecule has 2 fully saturated rings. The van der Waals surface area contributed by atoms with Gasteiger partial charge in [-0.15, -0.1) is 0 Å². The van der Waals surface area contributed by atoms with Crippen LogP contribution in [0.3, 0.4) is 0 Å². The van der Waals surface area contributed by atoms with Crippen molar-refractivity contribution >= 4 is 15.7 Å². The topological polar surface area (TPSA) is 101 Å². The first-order valence-corrected chi connectivity index (χ1v) is 8.39. The van der Waals surface area contributed by atoms with Gasteiger partial charge in [-0.2, -0.15) is 0 Å². The van der Waals surface area contributed by atoms with E-state index in [1.165, 1.54) is 24.3 Å². The Labute approximate surface area is 122 Å². The summed E-state index contributed by atoms with van der Waals surface area (Å²) in [5, 5.41) is 13.9. The summed E-state index contributed by atoms with van der Waals surface area (Å²) in [5.41, 5.74) is -0.00534. The normalized spacial score (nSPS) is 23.9. The van der Waals surface area contributed by atoms with Gasteiger partial charge in [-0.05, 0) is 49.9 Å². The fraction of sp³-hybridized carbons (Fsp3) is 0.538. The van der Waals surface area contributed by atoms with Crippen LogP contribution in [0.25, 0.3) is 0 Å². The average molecular weight is 311 g/mol. The van der Waals surface area contributed by atoms with Crippen molar-refractivity contribution < 1.29 is 13.3 Å². The van der Waals surface area contributed by atoms with Crippen LogP contribution >= 0.6 is 0 Å². The van der Waals surface area contributed by atoms with Gasteiger partial charge in [0.2, 0.25) is 10.0 Å². The fourth-order valence-corrected chi connectivity index (χ4v) is 4.33. The molecule has 2 N–H and O–H groups in total. The van der Waals surface area contributed by atoms with Crippen LogP contribution in [0.4, 0.5) is 5.69 Å². The van der Waals surface area contributed by atoms with E-state index in [0.717, 1.165) is 32.4 Å². The Morgan fingerprint density at radius 1 is 1.24 bits per heavy atom. The summed E-state index contributed by atoms with van der Waals surface area (Å²) in [6, 6.07) is 4.96. The molecule has 2 aliphatic rings. The predicted octanol–water partition coefficient (Wildman–Crippen LogP) is 1.02. The maximum absolute atomic E-state index is 12.3. The summed E-state index contributed by atoms with van der Waals surface area (Å²) in [6.07, 6.45) is 2.85. The molecule has 1 saturated carbocycles. The van der Waals surface area contributed by atoms with Gasteiger partial charge in [0, 0.05) is 18.2 Å². The van der Waals surface area contributed by atoms with Crippen LogP contribution in [0.1, 0.15) is 19.3 Å². The number of nitrogens with one attached hydrogen (secondary N) is 2. The SMILES string of the molecule is O=[N+]([O-])c1ccc(S(=O)(=O)NC2CC23CCNCC3)cc1. The standard InChI is InChI=1S/C13H17N3O4S/c17-16(18)10-1-3-11(4-2-10)21(19,20)15-12-9-13(12)5-7-14-8-6-13/h1-4,12,14-15H,5-9H2. The number of nitro benzene ring substituents is 1. The van der Waals surface area contributed by atoms with Crippen LogP contribution in [0.15, 0.2) is 29.2 Å². The Balaban J connectivity index is 1.71. The Morgan fingerprint density at radius 3 is 2.43 bits per heavy atom. The Bertz CT molecular complexity index is 650. The van der Waals surface area contributed by atoms with E-state index >= 15 is 0 Å². The van der Waals surface area contributed by atoms with Crippen LogP contribution in [0.2, 0.25) is 0 Å². The molecule has 1 unspecified atom stereocenters. The zero-order chi connectivity index (χ0) is 15.1. The minimum Gasteiger partial charge on any atom is -0.317 e. The molecule has 1 aliphatic carbocycles. The predicted molar refractivity (Wildman–Crippen MR) is 76.4 cm³/mol. The fourth-order valence-electron chi connectivity index (χ4n) is 2.99. The molecule has 1 aromatic rings. The first-order chi connectivity index (χ1) is 9.93. The minimum absolute atomic E-state index is 0.0141. The number of hydrogen-bond acceptors (Lipinski definition) is 5. The molecule has 8 heteroatoms. The minimum atomic E-state index is -3.61. The molecule has 1 aromatic carbocycles. The molecule has 0 aromatic heterocycles. The summed E-state index contributed by atoms with van der Waals surface area (Å²) in [7, 11) is -3.61. The highest BCUT2D eigenvalue weighted by atomic mass is 32.2. The molecule has 0 bridgehead atoms. The number of nitro groups is 1. The number of benzene rings is 1. The summed E-state index contributed by atoms with van der Waals surface area (Å²) in [6.45, 7) is 1.85. The lowest BCUT2D eigenvalue weighted by molar-refractivity contribution is -0.384. The van der Waals surface area contributed by atoms with Gasteiger partial charge >= 0.3 is 0 Å². The molecule has 0 amide bonds. The second kappa shape index (κ2) is 5.04. The third-order valence-electron chi connectivity index (χ3n) is 4.44. The second-order valence-corrected chi connectivity index (χ2v) is 7.46. The maximum Gasteiger partial charge on any atom is 0.269 e. The first kappa shape index (κ1) is 14.4. The molecule has 0 radical (unpaired) electrons. The van der Waals surface area contributed by atoms with Gasteiger partial charge in [-0.1, -0.05) is 0 Å². The van der Waals surface area contributed by atoms with Gasteiger partial charge in [0.1, 0.15) is 0 Å². The quantitative estimate of drug-likeness (QED) is 0.638. The zero-order valence-electron chi connectivity index (χ0n) is 11.4. The van der Waals surface area contributed by atoms with E-state index in [9.17, 15) is 18.5 Å². The van der Waals surface area contributed by atoms with Crippen molar-refractivity contribution in [2.45, 2.75) is 30.2 Å². The number of sulfonamides is 1. The molecule has 3 rings (SSSR count). The molecule has 1 heterocycles. The van der Waals surface area contributed by atoms with Crippen LogP contribution < -0.4 is 10.0 Å². The van der Waals surface area contributed by atoms with Crippen LogP contribution in [0, 0.1) is 15.5 Å². The lowest BCUT2D eigenvalue weighted by Gasteiger charge is -2.23. The summed E-state index contributed by atoms with van der Waals surface area (Å²) < 4.78 is 27.3. The molecule has 1 spiro atoms. The zero-order valence-corrected chi connectivity index (χ0v) is 12.2. The molecular formula is C13H17N3O4S. The molecule has 21 heavy (non-hydrogen) atoms.